The number of nitrogens with one attached hydrogen (secondary N) is 2. The van der Waals surface area contributed by atoms with Gasteiger partial charge in [-0.25, -0.2) is 9.55 Å². The molecule has 9 heteroatoms. The molecule has 37 heavy (non-hydrogen) atoms. The molecular formula is C28H29N5O3S. The molecule has 0 radical (unpaired) electrons. The molecule has 1 amide bonds. The van der Waals surface area contributed by atoms with Gasteiger partial charge >= 0.3 is 0 Å². The van der Waals surface area contributed by atoms with Crippen LogP contribution in [0.15, 0.2) is 60.4 Å². The van der Waals surface area contributed by atoms with Gasteiger partial charge in [0.25, 0.3) is 0 Å². The number of aliphatic carboxylic acids is 1. The highest BCUT2D eigenvalue weighted by molar-refractivity contribution is 7.09. The van der Waals surface area contributed by atoms with Gasteiger partial charge in [-0.2, -0.15) is 5.10 Å². The van der Waals surface area contributed by atoms with Crippen LogP contribution in [0, 0.1) is 5.41 Å². The molecule has 0 aliphatic heterocycles. The number of fused-ring (bicyclic) bond motifs is 1. The summed E-state index contributed by atoms with van der Waals surface area (Å²) in [6.45, 7) is 0.243. The summed E-state index contributed by atoms with van der Waals surface area (Å²) in [5.41, 5.74) is 5.13. The Morgan fingerprint density at radius 3 is 2.57 bits per heavy atom. The monoisotopic (exact) mass is 515 g/mol. The second-order valence-corrected chi connectivity index (χ2v) is 10.7. The van der Waals surface area contributed by atoms with Crippen LogP contribution in [0.5, 0.6) is 0 Å². The van der Waals surface area contributed by atoms with E-state index in [2.05, 4.69) is 40.0 Å². The molecule has 0 fully saturated rings. The highest BCUT2D eigenvalue weighted by Gasteiger charge is 2.43. The second-order valence-electron chi connectivity index (χ2n) is 9.75. The van der Waals surface area contributed by atoms with Crippen molar-refractivity contribution >= 4 is 23.2 Å². The highest BCUT2D eigenvalue weighted by atomic mass is 32.1. The van der Waals surface area contributed by atoms with E-state index in [1.54, 1.807) is 6.20 Å². The van der Waals surface area contributed by atoms with Gasteiger partial charge in [-0.05, 0) is 48.8 Å². The molecule has 0 atom stereocenters. The number of nitrogens with zero attached hydrogens (tertiary/aromatic N) is 3. The van der Waals surface area contributed by atoms with E-state index in [1.165, 1.54) is 16.9 Å². The molecule has 0 bridgehead atoms. The van der Waals surface area contributed by atoms with Crippen LogP contribution in [0.25, 0.3) is 11.3 Å². The number of benzene rings is 1. The number of aromatic nitrogens is 4. The van der Waals surface area contributed by atoms with Gasteiger partial charge in [-0.3, -0.25) is 9.89 Å². The maximum absolute atomic E-state index is 13.2. The van der Waals surface area contributed by atoms with Crippen molar-refractivity contribution < 1.29 is 19.3 Å². The fourth-order valence-electron chi connectivity index (χ4n) is 5.09. The van der Waals surface area contributed by atoms with Crippen LogP contribution >= 0.6 is 11.3 Å². The SMILES string of the molecule is C[n+]1ccc(CCCc2[nH]ncc2-c2csc(CNC(=O)C3(CC(=O)[O-])Cc4ccccc4C3)n2)cc1. The third-order valence-corrected chi connectivity index (χ3v) is 7.88. The predicted molar refractivity (Wildman–Crippen MR) is 137 cm³/mol. The van der Waals surface area contributed by atoms with E-state index in [-0.39, 0.29) is 18.9 Å². The van der Waals surface area contributed by atoms with Gasteiger partial charge in [-0.15, -0.1) is 11.3 Å². The molecule has 0 spiro atoms. The number of hydrogen-bond acceptors (Lipinski definition) is 6. The summed E-state index contributed by atoms with van der Waals surface area (Å²) in [6, 6.07) is 12.0. The lowest BCUT2D eigenvalue weighted by Crippen LogP contribution is -2.45. The first-order chi connectivity index (χ1) is 17.9. The maximum atomic E-state index is 13.2. The van der Waals surface area contributed by atoms with Crippen LogP contribution in [0.2, 0.25) is 0 Å². The van der Waals surface area contributed by atoms with Gasteiger partial charge < -0.3 is 15.2 Å². The van der Waals surface area contributed by atoms with Crippen molar-refractivity contribution in [2.75, 3.05) is 0 Å². The second kappa shape index (κ2) is 10.6. The van der Waals surface area contributed by atoms with Crippen LogP contribution in [-0.2, 0) is 48.9 Å². The minimum atomic E-state index is -1.21. The Bertz CT molecular complexity index is 1380. The van der Waals surface area contributed by atoms with E-state index in [9.17, 15) is 14.7 Å². The number of carboxylic acids is 1. The highest BCUT2D eigenvalue weighted by Crippen LogP contribution is 2.40. The zero-order valence-electron chi connectivity index (χ0n) is 20.7. The number of H-pyrrole nitrogens is 1. The van der Waals surface area contributed by atoms with Crippen LogP contribution < -0.4 is 15.0 Å². The Hall–Kier alpha value is -3.85. The van der Waals surface area contributed by atoms with Gasteiger partial charge in [0.05, 0.1) is 23.9 Å². The molecule has 2 N–H and O–H groups in total. The third-order valence-electron chi connectivity index (χ3n) is 7.03. The Morgan fingerprint density at radius 1 is 1.14 bits per heavy atom. The van der Waals surface area contributed by atoms with E-state index in [4.69, 9.17) is 4.98 Å². The lowest BCUT2D eigenvalue weighted by molar-refractivity contribution is -0.671. The Morgan fingerprint density at radius 2 is 1.86 bits per heavy atom. The molecule has 190 valence electrons. The van der Waals surface area contributed by atoms with E-state index < -0.39 is 11.4 Å². The van der Waals surface area contributed by atoms with Crippen molar-refractivity contribution in [1.82, 2.24) is 20.5 Å². The first-order valence-corrected chi connectivity index (χ1v) is 13.3. The summed E-state index contributed by atoms with van der Waals surface area (Å²) in [5.74, 6) is -1.49. The van der Waals surface area contributed by atoms with Gasteiger partial charge in [0.15, 0.2) is 12.4 Å². The number of amides is 1. The van der Waals surface area contributed by atoms with Crippen LogP contribution in [0.3, 0.4) is 0 Å². The van der Waals surface area contributed by atoms with E-state index in [1.807, 2.05) is 41.3 Å². The molecule has 5 rings (SSSR count). The third kappa shape index (κ3) is 5.61. The smallest absolute Gasteiger partial charge is 0.227 e. The number of carbonyl (C=O) groups excluding carboxylic acids is 2. The van der Waals surface area contributed by atoms with E-state index in [0.29, 0.717) is 12.8 Å². The minimum Gasteiger partial charge on any atom is -0.550 e. The van der Waals surface area contributed by atoms with Crippen molar-refractivity contribution in [2.24, 2.45) is 12.5 Å². The minimum absolute atomic E-state index is 0.243. The molecule has 3 aromatic heterocycles. The fourth-order valence-corrected chi connectivity index (χ4v) is 5.82. The van der Waals surface area contributed by atoms with Crippen molar-refractivity contribution in [2.45, 2.75) is 45.1 Å². The predicted octanol–water partition coefficient (Wildman–Crippen LogP) is 2.07. The zero-order chi connectivity index (χ0) is 25.8. The number of hydrogen-bond donors (Lipinski definition) is 2. The van der Waals surface area contributed by atoms with Crippen molar-refractivity contribution in [3.8, 4) is 11.3 Å². The Kier molecular flexibility index (Phi) is 7.14. The number of aryl methyl sites for hydroxylation is 3. The average Bonchev–Trinajstić information content (AvgIpc) is 3.61. The summed E-state index contributed by atoms with van der Waals surface area (Å²) < 4.78 is 2.02. The first-order valence-electron chi connectivity index (χ1n) is 12.4. The average molecular weight is 516 g/mol. The molecule has 4 aromatic rings. The number of pyridine rings is 1. The lowest BCUT2D eigenvalue weighted by atomic mass is 9.80. The van der Waals surface area contributed by atoms with Crippen LogP contribution in [0.1, 0.15) is 40.2 Å². The summed E-state index contributed by atoms with van der Waals surface area (Å²) in [5, 5.41) is 24.5. The van der Waals surface area contributed by atoms with Crippen LogP contribution in [0.4, 0.5) is 0 Å². The Labute approximate surface area is 219 Å². The molecule has 0 saturated carbocycles. The molecule has 1 aliphatic rings. The Balaban J connectivity index is 1.21. The van der Waals surface area contributed by atoms with E-state index >= 15 is 0 Å². The van der Waals surface area contributed by atoms with Crippen molar-refractivity contribution in [3.63, 3.8) is 0 Å². The normalized spacial score (nSPS) is 13.9. The molecular weight excluding hydrogens is 486 g/mol. The summed E-state index contributed by atoms with van der Waals surface area (Å²) in [4.78, 5) is 29.5. The van der Waals surface area contributed by atoms with E-state index in [0.717, 1.165) is 52.3 Å². The topological polar surface area (TPSA) is 115 Å². The molecule has 1 aliphatic carbocycles. The summed E-state index contributed by atoms with van der Waals surface area (Å²) in [7, 11) is 2.01. The number of carbonyl (C=O) groups is 2. The molecule has 3 heterocycles. The molecule has 1 aromatic carbocycles. The zero-order valence-corrected chi connectivity index (χ0v) is 21.5. The number of aromatic amines is 1. The number of thiazole rings is 1. The molecule has 8 nitrogen and oxygen atoms in total. The van der Waals surface area contributed by atoms with Gasteiger partial charge in [0.1, 0.15) is 12.1 Å². The van der Waals surface area contributed by atoms with Gasteiger partial charge in [-0.1, -0.05) is 24.3 Å². The quantitative estimate of drug-likeness (QED) is 0.314. The largest absolute Gasteiger partial charge is 0.550 e. The summed E-state index contributed by atoms with van der Waals surface area (Å²) in [6.07, 6.45) is 9.20. The van der Waals surface area contributed by atoms with Gasteiger partial charge in [0, 0.05) is 41.2 Å². The summed E-state index contributed by atoms with van der Waals surface area (Å²) >= 11 is 1.46. The van der Waals surface area contributed by atoms with Crippen LogP contribution in [-0.4, -0.2) is 27.1 Å². The first kappa shape index (κ1) is 24.8. The molecule has 0 unspecified atom stereocenters. The number of carboxylic acid groups (broad SMARTS) is 1. The fraction of sp³-hybridized carbons (Fsp3) is 0.321. The standard InChI is InChI=1S/C28H29N5O3S/c1-33-11-9-19(10-12-33)5-4-8-23-22(16-30-32-23)24-18-37-25(31-24)17-29-27(36)28(15-26(34)35)13-20-6-2-3-7-21(20)14-28/h2-3,6-7,9-12,16,18H,4-5,8,13-15,17H2,1H3,(H2-,29,30,32,34,35,36). The number of rotatable bonds is 10. The van der Waals surface area contributed by atoms with Crippen molar-refractivity contribution in [3.05, 3.63) is 87.8 Å². The molecule has 0 saturated heterocycles. The van der Waals surface area contributed by atoms with Crippen molar-refractivity contribution in [1.29, 1.82) is 0 Å². The van der Waals surface area contributed by atoms with Gasteiger partial charge in [0.2, 0.25) is 5.91 Å². The lowest BCUT2D eigenvalue weighted by Gasteiger charge is -2.28. The maximum Gasteiger partial charge on any atom is 0.227 e.